The van der Waals surface area contributed by atoms with Crippen LogP contribution in [0.2, 0.25) is 0 Å². The van der Waals surface area contributed by atoms with Gasteiger partial charge in [-0.15, -0.1) is 0 Å². The van der Waals surface area contributed by atoms with Crippen molar-refractivity contribution in [2.24, 2.45) is 0 Å². The monoisotopic (exact) mass is 289 g/mol. The Bertz CT molecular complexity index is 498. The zero-order valence-electron chi connectivity index (χ0n) is 12.2. The zero-order valence-corrected chi connectivity index (χ0v) is 12.2. The van der Waals surface area contributed by atoms with Gasteiger partial charge in [0.2, 0.25) is 0 Å². The molecule has 0 aliphatic heterocycles. The second kappa shape index (κ2) is 6.43. The number of amides is 1. The molecule has 1 heterocycles. The number of nitrogens with zero attached hydrogens (tertiary/aromatic N) is 1. The molecular weight excluding hydrogens is 266 g/mol. The first-order valence-electron chi connectivity index (χ1n) is 7.91. The van der Waals surface area contributed by atoms with Crippen molar-refractivity contribution in [3.63, 3.8) is 0 Å². The van der Waals surface area contributed by atoms with Crippen molar-refractivity contribution in [1.82, 2.24) is 15.6 Å². The molecule has 1 saturated carbocycles. The first-order valence-corrected chi connectivity index (χ1v) is 7.91. The number of nitrogens with one attached hydrogen (secondary N) is 2. The van der Waals surface area contributed by atoms with E-state index in [0.29, 0.717) is 12.1 Å². The highest BCUT2D eigenvalue weighted by atomic mass is 16.4. The second-order valence-electron chi connectivity index (χ2n) is 6.16. The minimum absolute atomic E-state index is 0.123. The van der Waals surface area contributed by atoms with Crippen LogP contribution in [0.15, 0.2) is 18.3 Å². The summed E-state index contributed by atoms with van der Waals surface area (Å²) in [5.41, 5.74) is 2.59. The lowest BCUT2D eigenvalue weighted by Crippen LogP contribution is -2.43. The minimum Gasteiger partial charge on any atom is -0.465 e. The van der Waals surface area contributed by atoms with Gasteiger partial charge in [0, 0.05) is 24.3 Å². The second-order valence-corrected chi connectivity index (χ2v) is 6.16. The van der Waals surface area contributed by atoms with E-state index in [2.05, 4.69) is 21.7 Å². The summed E-state index contributed by atoms with van der Waals surface area (Å²) in [5, 5.41) is 15.1. The van der Waals surface area contributed by atoms with Crippen molar-refractivity contribution in [2.75, 3.05) is 0 Å². The van der Waals surface area contributed by atoms with E-state index in [1.165, 1.54) is 17.7 Å². The summed E-state index contributed by atoms with van der Waals surface area (Å²) in [7, 11) is 0. The van der Waals surface area contributed by atoms with Gasteiger partial charge >= 0.3 is 6.09 Å². The number of rotatable bonds is 3. The third-order valence-electron chi connectivity index (χ3n) is 4.69. The Morgan fingerprint density at radius 1 is 1.19 bits per heavy atom. The highest BCUT2D eigenvalue weighted by Gasteiger charge is 2.27. The van der Waals surface area contributed by atoms with Crippen molar-refractivity contribution in [2.45, 2.75) is 63.1 Å². The molecule has 5 nitrogen and oxygen atoms in total. The molecule has 1 atom stereocenters. The van der Waals surface area contributed by atoms with Crippen LogP contribution in [-0.4, -0.2) is 28.3 Å². The third kappa shape index (κ3) is 3.53. The van der Waals surface area contributed by atoms with E-state index in [-0.39, 0.29) is 6.04 Å². The molecule has 114 valence electrons. The smallest absolute Gasteiger partial charge is 0.404 e. The summed E-state index contributed by atoms with van der Waals surface area (Å²) in [6, 6.07) is 5.17. The van der Waals surface area contributed by atoms with E-state index in [1.54, 1.807) is 0 Å². The summed E-state index contributed by atoms with van der Waals surface area (Å²) >= 11 is 0. The molecule has 2 aliphatic carbocycles. The predicted molar refractivity (Wildman–Crippen MR) is 80.3 cm³/mol. The van der Waals surface area contributed by atoms with Crippen LogP contribution in [0.25, 0.3) is 0 Å². The molecule has 1 aromatic rings. The number of hydrogen-bond donors (Lipinski definition) is 3. The Morgan fingerprint density at radius 3 is 2.71 bits per heavy atom. The van der Waals surface area contributed by atoms with Gasteiger partial charge in [0.1, 0.15) is 0 Å². The number of aromatic nitrogens is 1. The fraction of sp³-hybridized carbons (Fsp3) is 0.625. The molecule has 3 N–H and O–H groups in total. The molecule has 1 fully saturated rings. The van der Waals surface area contributed by atoms with Crippen LogP contribution in [0.4, 0.5) is 4.79 Å². The van der Waals surface area contributed by atoms with Crippen LogP contribution >= 0.6 is 0 Å². The standard InChI is InChI=1S/C16H23N3O2/c20-16(21)19-13-8-6-12(7-9-13)18-14-5-1-3-11-4-2-10-17-15(11)14/h2,4,10,12-14,18-19H,1,3,5-9H2,(H,20,21). The van der Waals surface area contributed by atoms with Crippen molar-refractivity contribution in [3.05, 3.63) is 29.6 Å². The predicted octanol–water partition coefficient (Wildman–Crippen LogP) is 2.63. The van der Waals surface area contributed by atoms with E-state index in [1.807, 2.05) is 12.3 Å². The Kier molecular flexibility index (Phi) is 4.39. The maximum atomic E-state index is 10.7. The maximum absolute atomic E-state index is 10.7. The van der Waals surface area contributed by atoms with Gasteiger partial charge in [-0.05, 0) is 56.6 Å². The molecule has 0 aromatic carbocycles. The largest absolute Gasteiger partial charge is 0.465 e. The third-order valence-corrected chi connectivity index (χ3v) is 4.69. The van der Waals surface area contributed by atoms with E-state index < -0.39 is 6.09 Å². The first-order chi connectivity index (χ1) is 10.2. The minimum atomic E-state index is -0.906. The molecular formula is C16H23N3O2. The Labute approximate surface area is 125 Å². The average molecular weight is 289 g/mol. The number of pyridine rings is 1. The quantitative estimate of drug-likeness (QED) is 0.799. The SMILES string of the molecule is O=C(O)NC1CCC(NC2CCCc3cccnc32)CC1. The number of fused-ring (bicyclic) bond motifs is 1. The number of hydrogen-bond acceptors (Lipinski definition) is 3. The molecule has 1 amide bonds. The molecule has 0 spiro atoms. The highest BCUT2D eigenvalue weighted by molar-refractivity contribution is 5.64. The van der Waals surface area contributed by atoms with Crippen LogP contribution < -0.4 is 10.6 Å². The van der Waals surface area contributed by atoms with Crippen LogP contribution in [-0.2, 0) is 6.42 Å². The molecule has 3 rings (SSSR count). The van der Waals surface area contributed by atoms with Crippen molar-refractivity contribution in [1.29, 1.82) is 0 Å². The lowest BCUT2D eigenvalue weighted by molar-refractivity contribution is 0.182. The lowest BCUT2D eigenvalue weighted by atomic mass is 9.87. The maximum Gasteiger partial charge on any atom is 0.404 e. The molecule has 1 unspecified atom stereocenters. The zero-order chi connectivity index (χ0) is 14.7. The van der Waals surface area contributed by atoms with E-state index in [9.17, 15) is 4.79 Å². The lowest BCUT2D eigenvalue weighted by Gasteiger charge is -2.34. The average Bonchev–Trinajstić information content (AvgIpc) is 2.49. The summed E-state index contributed by atoms with van der Waals surface area (Å²) in [6.07, 6.45) is 8.38. The Hall–Kier alpha value is -1.62. The molecule has 21 heavy (non-hydrogen) atoms. The van der Waals surface area contributed by atoms with Gasteiger partial charge in [0.25, 0.3) is 0 Å². The number of carbonyl (C=O) groups is 1. The van der Waals surface area contributed by atoms with E-state index >= 15 is 0 Å². The Balaban J connectivity index is 1.56. The van der Waals surface area contributed by atoms with Gasteiger partial charge in [-0.25, -0.2) is 4.79 Å². The molecule has 0 saturated heterocycles. The summed E-state index contributed by atoms with van der Waals surface area (Å²) in [5.74, 6) is 0. The molecule has 0 radical (unpaired) electrons. The Morgan fingerprint density at radius 2 is 1.95 bits per heavy atom. The summed E-state index contributed by atoms with van der Waals surface area (Å²) in [4.78, 5) is 15.2. The first kappa shape index (κ1) is 14.3. The fourth-order valence-electron chi connectivity index (χ4n) is 3.64. The van der Waals surface area contributed by atoms with Crippen molar-refractivity contribution in [3.8, 4) is 0 Å². The fourth-order valence-corrected chi connectivity index (χ4v) is 3.64. The molecule has 1 aromatic heterocycles. The topological polar surface area (TPSA) is 74.2 Å². The normalized spacial score (nSPS) is 28.7. The van der Waals surface area contributed by atoms with Gasteiger partial charge in [-0.3, -0.25) is 4.98 Å². The molecule has 0 bridgehead atoms. The van der Waals surface area contributed by atoms with Gasteiger partial charge in [-0.1, -0.05) is 6.07 Å². The highest BCUT2D eigenvalue weighted by Crippen LogP contribution is 2.30. The summed E-state index contributed by atoms with van der Waals surface area (Å²) < 4.78 is 0. The number of carboxylic acid groups (broad SMARTS) is 1. The number of aryl methyl sites for hydroxylation is 1. The van der Waals surface area contributed by atoms with Crippen LogP contribution in [0.5, 0.6) is 0 Å². The van der Waals surface area contributed by atoms with Crippen LogP contribution in [0, 0.1) is 0 Å². The van der Waals surface area contributed by atoms with Gasteiger partial charge in [0.15, 0.2) is 0 Å². The van der Waals surface area contributed by atoms with Crippen molar-refractivity contribution < 1.29 is 9.90 Å². The van der Waals surface area contributed by atoms with Crippen LogP contribution in [0.3, 0.4) is 0 Å². The molecule has 5 heteroatoms. The van der Waals surface area contributed by atoms with Crippen LogP contribution in [0.1, 0.15) is 55.8 Å². The van der Waals surface area contributed by atoms with Crippen molar-refractivity contribution >= 4 is 6.09 Å². The summed E-state index contributed by atoms with van der Waals surface area (Å²) in [6.45, 7) is 0. The van der Waals surface area contributed by atoms with E-state index in [0.717, 1.165) is 38.5 Å². The van der Waals surface area contributed by atoms with Gasteiger partial charge in [-0.2, -0.15) is 0 Å². The van der Waals surface area contributed by atoms with Gasteiger partial charge in [0.05, 0.1) is 5.69 Å². The van der Waals surface area contributed by atoms with E-state index in [4.69, 9.17) is 5.11 Å². The molecule has 2 aliphatic rings. The van der Waals surface area contributed by atoms with Gasteiger partial charge < -0.3 is 15.7 Å².